The number of nitriles is 1. The smallest absolute Gasteiger partial charge is 0.229 e. The molecular formula is C12H12N6O2. The van der Waals surface area contributed by atoms with E-state index in [2.05, 4.69) is 15.0 Å². The summed E-state index contributed by atoms with van der Waals surface area (Å²) in [5.74, 6) is -1.41. The first-order valence-electron chi connectivity index (χ1n) is 5.69. The number of hydrogen-bond donors (Lipinski definition) is 1. The van der Waals surface area contributed by atoms with Gasteiger partial charge in [-0.15, -0.1) is 0 Å². The van der Waals surface area contributed by atoms with Gasteiger partial charge in [-0.2, -0.15) is 20.2 Å². The van der Waals surface area contributed by atoms with Gasteiger partial charge < -0.3 is 15.1 Å². The highest BCUT2D eigenvalue weighted by Gasteiger charge is 2.27. The third-order valence-electron chi connectivity index (χ3n) is 2.47. The van der Waals surface area contributed by atoms with Crippen LogP contribution in [-0.4, -0.2) is 34.8 Å². The van der Waals surface area contributed by atoms with Crippen molar-refractivity contribution in [3.63, 3.8) is 0 Å². The molecule has 0 unspecified atom stereocenters. The summed E-state index contributed by atoms with van der Waals surface area (Å²) in [5, 5.41) is 9.20. The number of ketones is 1. The summed E-state index contributed by atoms with van der Waals surface area (Å²) in [6.07, 6.45) is 1.36. The van der Waals surface area contributed by atoms with E-state index in [-0.39, 0.29) is 23.5 Å². The minimum Gasteiger partial charge on any atom is -0.461 e. The SMILES string of the molecule is CN(C)c1nc(N)nc([C@@H](C#N)C(=O)c2ccco2)n1. The molecule has 0 fully saturated rings. The van der Waals surface area contributed by atoms with Gasteiger partial charge in [0.05, 0.1) is 12.3 Å². The fourth-order valence-corrected chi connectivity index (χ4v) is 1.52. The van der Waals surface area contributed by atoms with Crippen molar-refractivity contribution in [2.24, 2.45) is 0 Å². The molecule has 8 nitrogen and oxygen atoms in total. The molecule has 20 heavy (non-hydrogen) atoms. The highest BCUT2D eigenvalue weighted by Crippen LogP contribution is 2.19. The Morgan fingerprint density at radius 2 is 2.20 bits per heavy atom. The van der Waals surface area contributed by atoms with Crippen LogP contribution in [0.1, 0.15) is 22.3 Å². The number of nitrogens with zero attached hydrogens (tertiary/aromatic N) is 5. The number of aromatic nitrogens is 3. The van der Waals surface area contributed by atoms with Crippen LogP contribution in [0.5, 0.6) is 0 Å². The summed E-state index contributed by atoms with van der Waals surface area (Å²) < 4.78 is 4.99. The molecule has 0 bridgehead atoms. The molecule has 2 heterocycles. The van der Waals surface area contributed by atoms with Crippen LogP contribution in [0.4, 0.5) is 11.9 Å². The Hall–Kier alpha value is -2.95. The first-order chi connectivity index (χ1) is 9.52. The van der Waals surface area contributed by atoms with E-state index in [1.807, 2.05) is 6.07 Å². The van der Waals surface area contributed by atoms with Crippen LogP contribution in [0.2, 0.25) is 0 Å². The number of carbonyl (C=O) groups excluding carboxylic acids is 1. The molecule has 0 aromatic carbocycles. The van der Waals surface area contributed by atoms with Gasteiger partial charge in [0.2, 0.25) is 17.7 Å². The number of carbonyl (C=O) groups is 1. The standard InChI is InChI=1S/C12H12N6O2/c1-18(2)12-16-10(15-11(14)17-12)7(6-13)9(19)8-4-3-5-20-8/h3-5,7H,1-2H3,(H2,14,15,16,17)/t7-/m0/s1. The second-order valence-corrected chi connectivity index (χ2v) is 4.15. The van der Waals surface area contributed by atoms with Crippen molar-refractivity contribution < 1.29 is 9.21 Å². The van der Waals surface area contributed by atoms with E-state index < -0.39 is 11.7 Å². The van der Waals surface area contributed by atoms with Gasteiger partial charge in [-0.05, 0) is 12.1 Å². The second-order valence-electron chi connectivity index (χ2n) is 4.15. The van der Waals surface area contributed by atoms with Gasteiger partial charge in [-0.1, -0.05) is 0 Å². The van der Waals surface area contributed by atoms with Crippen LogP contribution >= 0.6 is 0 Å². The van der Waals surface area contributed by atoms with Crippen molar-refractivity contribution in [3.8, 4) is 6.07 Å². The largest absolute Gasteiger partial charge is 0.461 e. The summed E-state index contributed by atoms with van der Waals surface area (Å²) in [7, 11) is 3.43. The maximum absolute atomic E-state index is 12.2. The average molecular weight is 272 g/mol. The molecule has 8 heteroatoms. The Labute approximate surface area is 114 Å². The van der Waals surface area contributed by atoms with E-state index in [4.69, 9.17) is 10.2 Å². The van der Waals surface area contributed by atoms with Gasteiger partial charge in [-0.25, -0.2) is 0 Å². The first kappa shape index (κ1) is 13.5. The number of nitrogen functional groups attached to an aromatic ring is 1. The number of nitrogens with two attached hydrogens (primary N) is 1. The lowest BCUT2D eigenvalue weighted by molar-refractivity contribution is 0.0949. The van der Waals surface area contributed by atoms with Crippen LogP contribution in [0, 0.1) is 11.3 Å². The molecule has 2 aromatic rings. The van der Waals surface area contributed by atoms with Crippen molar-refractivity contribution >= 4 is 17.7 Å². The number of hydrogen-bond acceptors (Lipinski definition) is 8. The molecule has 0 amide bonds. The van der Waals surface area contributed by atoms with Crippen LogP contribution in [0.25, 0.3) is 0 Å². The van der Waals surface area contributed by atoms with Crippen LogP contribution in [0.3, 0.4) is 0 Å². The summed E-state index contributed by atoms with van der Waals surface area (Å²) in [4.78, 5) is 25.6. The maximum Gasteiger partial charge on any atom is 0.229 e. The highest BCUT2D eigenvalue weighted by atomic mass is 16.3. The van der Waals surface area contributed by atoms with Crippen molar-refractivity contribution in [3.05, 3.63) is 30.0 Å². The molecule has 0 saturated heterocycles. The molecule has 0 saturated carbocycles. The predicted molar refractivity (Wildman–Crippen MR) is 70.0 cm³/mol. The monoisotopic (exact) mass is 272 g/mol. The van der Waals surface area contributed by atoms with Crippen LogP contribution in [-0.2, 0) is 0 Å². The van der Waals surface area contributed by atoms with Crippen LogP contribution < -0.4 is 10.6 Å². The maximum atomic E-state index is 12.2. The lowest BCUT2D eigenvalue weighted by Gasteiger charge is -2.12. The normalized spacial score (nSPS) is 11.7. The predicted octanol–water partition coefficient (Wildman–Crippen LogP) is 0.603. The quantitative estimate of drug-likeness (QED) is 0.803. The molecule has 1 atom stereocenters. The van der Waals surface area contributed by atoms with Crippen molar-refractivity contribution in [1.82, 2.24) is 15.0 Å². The Morgan fingerprint density at radius 1 is 1.45 bits per heavy atom. The molecule has 102 valence electrons. The van der Waals surface area contributed by atoms with Crippen LogP contribution in [0.15, 0.2) is 22.8 Å². The fraction of sp³-hybridized carbons (Fsp3) is 0.250. The van der Waals surface area contributed by atoms with E-state index in [9.17, 15) is 10.1 Å². The zero-order chi connectivity index (χ0) is 14.7. The number of rotatable bonds is 4. The number of furan rings is 1. The summed E-state index contributed by atoms with van der Waals surface area (Å²) >= 11 is 0. The fourth-order valence-electron chi connectivity index (χ4n) is 1.52. The second kappa shape index (κ2) is 5.36. The Kier molecular flexibility index (Phi) is 3.61. The van der Waals surface area contributed by atoms with Gasteiger partial charge in [0.25, 0.3) is 0 Å². The molecule has 0 spiro atoms. The van der Waals surface area contributed by atoms with E-state index in [0.29, 0.717) is 0 Å². The van der Waals surface area contributed by atoms with Crippen molar-refractivity contribution in [1.29, 1.82) is 5.26 Å². The molecule has 0 aliphatic rings. The molecule has 2 N–H and O–H groups in total. The lowest BCUT2D eigenvalue weighted by Crippen LogP contribution is -2.20. The van der Waals surface area contributed by atoms with E-state index in [1.165, 1.54) is 12.3 Å². The van der Waals surface area contributed by atoms with E-state index in [1.54, 1.807) is 25.1 Å². The molecule has 2 aromatic heterocycles. The molecule has 0 aliphatic carbocycles. The Morgan fingerprint density at radius 3 is 2.75 bits per heavy atom. The minimum atomic E-state index is -1.19. The Bertz CT molecular complexity index is 659. The van der Waals surface area contributed by atoms with Crippen molar-refractivity contribution in [2.75, 3.05) is 24.7 Å². The molecule has 0 aliphatic heterocycles. The third-order valence-corrected chi connectivity index (χ3v) is 2.47. The molecular weight excluding hydrogens is 260 g/mol. The number of anilines is 2. The summed E-state index contributed by atoms with van der Waals surface area (Å²) in [5.41, 5.74) is 5.58. The van der Waals surface area contributed by atoms with E-state index >= 15 is 0 Å². The molecule has 2 rings (SSSR count). The first-order valence-corrected chi connectivity index (χ1v) is 5.69. The minimum absolute atomic E-state index is 0.00472. The van der Waals surface area contributed by atoms with Gasteiger partial charge in [0.1, 0.15) is 0 Å². The third kappa shape index (κ3) is 2.56. The number of Topliss-reactive ketones (excluding diaryl/α,β-unsaturated/α-hetero) is 1. The summed E-state index contributed by atoms with van der Waals surface area (Å²) in [6, 6.07) is 4.90. The topological polar surface area (TPSA) is 122 Å². The van der Waals surface area contributed by atoms with Gasteiger partial charge in [0, 0.05) is 14.1 Å². The van der Waals surface area contributed by atoms with Gasteiger partial charge >= 0.3 is 0 Å². The van der Waals surface area contributed by atoms with Gasteiger partial charge in [-0.3, -0.25) is 4.79 Å². The zero-order valence-electron chi connectivity index (χ0n) is 10.9. The average Bonchev–Trinajstić information content (AvgIpc) is 2.92. The van der Waals surface area contributed by atoms with Gasteiger partial charge in [0.15, 0.2) is 17.5 Å². The zero-order valence-corrected chi connectivity index (χ0v) is 10.9. The lowest BCUT2D eigenvalue weighted by atomic mass is 10.0. The van der Waals surface area contributed by atoms with E-state index in [0.717, 1.165) is 0 Å². The van der Waals surface area contributed by atoms with Crippen molar-refractivity contribution in [2.45, 2.75) is 5.92 Å². The molecule has 0 radical (unpaired) electrons. The highest BCUT2D eigenvalue weighted by molar-refractivity contribution is 6.00. The summed E-state index contributed by atoms with van der Waals surface area (Å²) in [6.45, 7) is 0. The Balaban J connectivity index is 2.42.